The van der Waals surface area contributed by atoms with E-state index in [0.29, 0.717) is 27.9 Å². The number of hydrogen-bond acceptors (Lipinski definition) is 27. The molecule has 0 atom stereocenters. The molecule has 31 nitrogen and oxygen atoms in total. The number of aliphatic hydroxyl groups is 1. The molecule has 22 rings (SSSR count). The summed E-state index contributed by atoms with van der Waals surface area (Å²) in [5.74, 6) is 0.429. The number of nitrogen functional groups attached to an aromatic ring is 1. The van der Waals surface area contributed by atoms with Crippen molar-refractivity contribution in [3.05, 3.63) is 267 Å². The molecule has 0 amide bonds. The van der Waals surface area contributed by atoms with Crippen LogP contribution in [0.4, 0.5) is 28.4 Å². The van der Waals surface area contributed by atoms with Crippen LogP contribution in [-0.4, -0.2) is 181 Å². The number of carboxylic acids is 1. The summed E-state index contributed by atoms with van der Waals surface area (Å²) in [5.41, 5.74) is 36.7. The van der Waals surface area contributed by atoms with Crippen LogP contribution in [0, 0.1) is 0 Å². The van der Waals surface area contributed by atoms with E-state index < -0.39 is 59.1 Å². The van der Waals surface area contributed by atoms with E-state index in [1.165, 1.54) is 174 Å². The van der Waals surface area contributed by atoms with Crippen LogP contribution in [0.25, 0.3) is 103 Å². The van der Waals surface area contributed by atoms with Crippen molar-refractivity contribution in [2.24, 2.45) is 0 Å². The van der Waals surface area contributed by atoms with Gasteiger partial charge in [0.25, 0.3) is 0 Å². The number of hydrogen-bond donors (Lipinski definition) is 5. The van der Waals surface area contributed by atoms with Gasteiger partial charge in [0.15, 0.2) is 6.29 Å². The summed E-state index contributed by atoms with van der Waals surface area (Å²) in [5, 5.41) is 48.6. The number of aromatic hydroxyl groups is 2. The molecule has 8 aliphatic heterocycles. The van der Waals surface area contributed by atoms with Gasteiger partial charge in [-0.25, -0.2) is 24.0 Å². The van der Waals surface area contributed by atoms with E-state index in [1.54, 1.807) is 57.5 Å². The van der Waals surface area contributed by atoms with Crippen LogP contribution in [0.5, 0.6) is 23.0 Å². The van der Waals surface area contributed by atoms with Crippen molar-refractivity contribution in [1.82, 2.24) is 0 Å². The molecule has 788 valence electrons. The Morgan fingerprint density at radius 1 is 0.480 bits per heavy atom. The van der Waals surface area contributed by atoms with Crippen molar-refractivity contribution in [3.63, 3.8) is 0 Å². The first-order chi connectivity index (χ1) is 71.7. The van der Waals surface area contributed by atoms with E-state index in [1.807, 2.05) is 96.8 Å². The molecule has 14 aromatic rings. The maximum absolute atomic E-state index is 12.4. The normalized spacial score (nSPS) is 13.5. The first kappa shape index (κ1) is 120. The third-order valence-electron chi connectivity index (χ3n) is 25.8. The Labute approximate surface area is 925 Å². The van der Waals surface area contributed by atoms with Crippen LogP contribution >= 0.6 is 82.4 Å². The van der Waals surface area contributed by atoms with Crippen LogP contribution in [0.2, 0.25) is 0 Å². The minimum atomic E-state index is -3.22. The quantitative estimate of drug-likeness (QED) is 0.00601. The Hall–Kier alpha value is -12.1. The molecule has 0 spiro atoms. The van der Waals surface area contributed by atoms with E-state index in [2.05, 4.69) is 134 Å². The number of rotatable bonds is 12. The van der Waals surface area contributed by atoms with E-state index in [0.717, 1.165) is 198 Å². The van der Waals surface area contributed by atoms with Crippen molar-refractivity contribution in [2.75, 3.05) is 144 Å². The number of anilines is 5. The van der Waals surface area contributed by atoms with Crippen molar-refractivity contribution in [2.45, 2.75) is 129 Å². The fraction of sp³-hybridized carbons (Fsp3) is 0.342. The van der Waals surface area contributed by atoms with Gasteiger partial charge in [-0.05, 0) is 398 Å². The maximum atomic E-state index is 12.4. The van der Waals surface area contributed by atoms with Crippen LogP contribution < -0.4 is 75.6 Å². The number of aldehydes is 1. The zero-order valence-electron chi connectivity index (χ0n) is 84.8. The fourth-order valence-corrected chi connectivity index (χ4v) is 20.3. The van der Waals surface area contributed by atoms with Gasteiger partial charge < -0.3 is 98.8 Å². The van der Waals surface area contributed by atoms with Gasteiger partial charge in [-0.1, -0.05) is 62.2 Å². The Balaban J connectivity index is 0.000000177. The summed E-state index contributed by atoms with van der Waals surface area (Å²) in [6.07, 6.45) is 19.7. The van der Waals surface area contributed by atoms with Crippen LogP contribution in [0.3, 0.4) is 0 Å². The smallest absolute Gasteiger partial charge is 0.508 e. The molecule has 10 heterocycles. The average molecular weight is 2290 g/mol. The summed E-state index contributed by atoms with van der Waals surface area (Å²) < 4.78 is 53.1. The predicted molar refractivity (Wildman–Crippen MR) is 598 cm³/mol. The number of alkyl halides is 3. The Morgan fingerprint density at radius 2 is 0.847 bits per heavy atom. The Morgan fingerprint density at radius 3 is 1.22 bits per heavy atom. The number of nitrogens with two attached hydrogens (primary N) is 1. The minimum absolute atomic E-state index is 0. The molecule has 0 unspecified atom stereocenters. The SMILES string of the molecule is CBr.CC(=O)OCOC(=O)c1cc2cc3cc4c5c(c3cc2oc1=O)CCCN5CCC4.CCO.COC(=O)CC(=O)OC.COC(=O)c1cc2cc3cc4c5c(c3cc2oc1=O)CCCN5CCC4.COc1ccc2ccc(C(=O)O)cc2c1.COc1ccc2ccc(N)cc2c1.ClCCCBr.O=Cc1cc2cc3c4c(c2cc1O)CCCN4CCC3.O=P(Cl)(Cl)Cl.Oc1ccc2cc3c4c(c2c1)CCCN4CCC3.[N-]=[N+]=[N-].[Na+]. The molecule has 8 aliphatic rings. The van der Waals surface area contributed by atoms with Crippen molar-refractivity contribution < 1.29 is 130 Å². The molecule has 2 aromatic heterocycles. The van der Waals surface area contributed by atoms with Gasteiger partial charge in [0, 0.05) is 116 Å². The molecular weight excluding hydrogens is 2170 g/mol. The van der Waals surface area contributed by atoms with Crippen LogP contribution in [-0.2, 0) is 94.0 Å². The molecule has 0 saturated heterocycles. The van der Waals surface area contributed by atoms with Gasteiger partial charge >= 0.3 is 81.8 Å². The first-order valence-electron chi connectivity index (χ1n) is 48.3. The number of carboxylic acid groups (broad SMARTS) is 1. The topological polar surface area (TPSA) is 440 Å². The van der Waals surface area contributed by atoms with Crippen molar-refractivity contribution in [3.8, 4) is 23.0 Å². The van der Waals surface area contributed by atoms with E-state index in [4.69, 9.17) is 61.7 Å². The number of esters is 5. The van der Waals surface area contributed by atoms with E-state index in [9.17, 15) is 57.9 Å². The average Bonchev–Trinajstić information content (AvgIpc) is 0.714. The molecule has 0 fully saturated rings. The number of aliphatic hydroxyl groups excluding tert-OH is 1. The Kier molecular flexibility index (Phi) is 46.3. The molecular formula is C111H118Br2Cl4N8NaO23P. The van der Waals surface area contributed by atoms with Gasteiger partial charge in [0.2, 0.25) is 6.79 Å². The molecule has 6 N–H and O–H groups in total. The molecule has 12 aromatic carbocycles. The largest absolute Gasteiger partial charge is 1.00 e. The monoisotopic (exact) mass is 2280 g/mol. The number of carbonyl (C=O) groups excluding carboxylic acids is 6. The zero-order valence-corrected chi connectivity index (χ0v) is 93.9. The molecule has 0 saturated carbocycles. The second-order valence-corrected chi connectivity index (χ2v) is 43.1. The van der Waals surface area contributed by atoms with Gasteiger partial charge in [0.05, 0.1) is 46.7 Å². The van der Waals surface area contributed by atoms with Crippen molar-refractivity contribution in [1.29, 1.82) is 0 Å². The number of halogens is 6. The van der Waals surface area contributed by atoms with Gasteiger partial charge in [-0.2, -0.15) is 0 Å². The van der Waals surface area contributed by atoms with Crippen molar-refractivity contribution >= 4 is 239 Å². The number of phenolic OH excluding ortho intramolecular Hbond substituents is 2. The zero-order chi connectivity index (χ0) is 108. The summed E-state index contributed by atoms with van der Waals surface area (Å²) >= 11 is 25.3. The van der Waals surface area contributed by atoms with Gasteiger partial charge in [-0.15, -0.1) is 11.6 Å². The number of nitrogens with zero attached hydrogens (tertiary/aromatic N) is 7. The molecule has 0 aliphatic carbocycles. The molecule has 0 radical (unpaired) electrons. The summed E-state index contributed by atoms with van der Waals surface area (Å²) in [7, 11) is 6.93. The maximum Gasteiger partial charge on any atom is 1.00 e. The molecule has 0 bridgehead atoms. The minimum Gasteiger partial charge on any atom is -0.508 e. The molecule has 150 heavy (non-hydrogen) atoms. The van der Waals surface area contributed by atoms with Crippen LogP contribution in [0.15, 0.2) is 182 Å². The van der Waals surface area contributed by atoms with Gasteiger partial charge in [0.1, 0.15) is 51.7 Å². The van der Waals surface area contributed by atoms with Gasteiger partial charge in [-0.3, -0.25) is 28.7 Å². The first-order valence-corrected chi connectivity index (χ1v) is 56.0. The predicted octanol–water partition coefficient (Wildman–Crippen LogP) is 21.5. The summed E-state index contributed by atoms with van der Waals surface area (Å²) in [6.45, 7) is 11.7. The van der Waals surface area contributed by atoms with Crippen LogP contribution in [0.1, 0.15) is 164 Å². The fourth-order valence-electron chi connectivity index (χ4n) is 19.6. The summed E-state index contributed by atoms with van der Waals surface area (Å²) in [4.78, 5) is 113. The number of methoxy groups -OCH3 is 5. The number of fused-ring (bicyclic) bond motifs is 12. The van der Waals surface area contributed by atoms with E-state index in [-0.39, 0.29) is 65.0 Å². The number of ether oxygens (including phenoxy) is 7. The second-order valence-electron chi connectivity index (χ2n) is 35.2. The second kappa shape index (κ2) is 58.0. The number of aromatic carboxylic acids is 1. The standard InChI is InChI=1S/C23H21NO6.C21H19NO4.C17H17NO2.C16H17NO.C12H10O3.C11H11NO.C5H8O4.C3H6BrCl.C2H6O.CH3Br.Cl3OP.N3.Na/c1-13(25)28-12-29-22(26)19-10-16-9-15-8-14-4-2-6-24-7-3-5-17(21(14)24)18(15)11-20(16)30-23(19)27;1-25-20(23)17-10-14-9-13-8-12-4-2-6-22-7-3-5-15(19(12)22)16(13)11-18(14)26-21(17)24;19-10-13-8-12-7-11-3-1-5-18-6-2-4-14(17(11)18)15(12)9-16(13)20;18-13-6-5-11-9-12-3-1-7-17-8-2-4-14(16(12)17)15(11)10-13;1-15-11-5-4-8-2-3-9(12(13)14)6-10(8)7-11;1-13-11-5-3-8-2-4-10(12)6-9(8)7-11;1-8-4(6)3-5(7)9-2;4-2-1-3-5;1-2-3;1-2;1-5(2,3)4;1-3-2;/h8-11H,2-7,12H2,1H3;8-11H,2-7H2,1H3;7-10,20H,1-6H2;5-6,9-10,18H,1-4,7-8H2;2-7H,1H3,(H,13,14);2-7H,12H2,1H3;3H2,1-2H3;1-3H2;3H,2H2,1H3;1H3;;;/q;;;;;;;;;;;-1;+1. The third kappa shape index (κ3) is 31.4. The molecule has 39 heteroatoms. The number of carbonyl (C=O) groups is 7. The Bertz CT molecular complexity index is 7450. The number of benzene rings is 12. The summed E-state index contributed by atoms with van der Waals surface area (Å²) in [6, 6.07) is 51.7. The third-order valence-corrected chi connectivity index (χ3v) is 26.6. The number of phenols is 2. The van der Waals surface area contributed by atoms with E-state index >= 15 is 0 Å². The number of aryl methyl sites for hydroxylation is 8.